The molecule has 0 amide bonds. The third-order valence-electron chi connectivity index (χ3n) is 2.04. The van der Waals surface area contributed by atoms with Gasteiger partial charge in [0.1, 0.15) is 0 Å². The number of hydrogen-bond donors (Lipinski definition) is 0. The zero-order chi connectivity index (χ0) is 7.49. The Kier molecular flexibility index (Phi) is 3.44. The monoisotopic (exact) mass is 145 g/mol. The van der Waals surface area contributed by atoms with Gasteiger partial charge in [-0.1, -0.05) is 27.7 Å². The summed E-state index contributed by atoms with van der Waals surface area (Å²) in [5, 5.41) is 0.405. The summed E-state index contributed by atoms with van der Waals surface area (Å²) in [6.07, 6.45) is 0. The van der Waals surface area contributed by atoms with E-state index in [9.17, 15) is 0 Å². The first-order valence-electron chi connectivity index (χ1n) is 3.37. The summed E-state index contributed by atoms with van der Waals surface area (Å²) in [5.41, 5.74) is 0. The lowest BCUT2D eigenvalue weighted by atomic mass is 9.99. The molecule has 2 heteroatoms. The number of rotatable bonds is 3. The van der Waals surface area contributed by atoms with Gasteiger partial charge in [-0.3, -0.25) is 0 Å². The lowest BCUT2D eigenvalue weighted by Gasteiger charge is -2.26. The van der Waals surface area contributed by atoms with Crippen molar-refractivity contribution in [2.75, 3.05) is 0 Å². The summed E-state index contributed by atoms with van der Waals surface area (Å²) in [4.78, 5) is 0. The summed E-state index contributed by atoms with van der Waals surface area (Å²) in [6.45, 7) is 8.95. The first-order chi connectivity index (χ1) is 4.00. The van der Waals surface area contributed by atoms with Crippen molar-refractivity contribution in [2.45, 2.75) is 32.7 Å². The molecule has 0 saturated heterocycles. The van der Waals surface area contributed by atoms with Gasteiger partial charge in [-0.15, -0.1) is 0 Å². The van der Waals surface area contributed by atoms with E-state index in [1.165, 1.54) is 0 Å². The second-order valence-corrected chi connectivity index (χ2v) is 6.01. The molecule has 0 atom stereocenters. The van der Waals surface area contributed by atoms with Gasteiger partial charge >= 0.3 is 0 Å². The van der Waals surface area contributed by atoms with E-state index in [-0.39, 0.29) is 0 Å². The van der Waals surface area contributed by atoms with Gasteiger partial charge in [0.2, 0.25) is 0 Å². The summed E-state index contributed by atoms with van der Waals surface area (Å²) >= 11 is 0. The van der Waals surface area contributed by atoms with E-state index < -0.39 is 9.76 Å². The Balaban J connectivity index is 3.70. The van der Waals surface area contributed by atoms with Crippen molar-refractivity contribution in [3.63, 3.8) is 0 Å². The van der Waals surface area contributed by atoms with Crippen LogP contribution < -0.4 is 0 Å². The average molecular weight is 145 g/mol. The van der Waals surface area contributed by atoms with Crippen molar-refractivity contribution < 1.29 is 4.43 Å². The minimum atomic E-state index is -0.409. The van der Waals surface area contributed by atoms with Gasteiger partial charge in [-0.25, -0.2) is 0 Å². The zero-order valence-electron chi connectivity index (χ0n) is 6.90. The molecule has 0 fully saturated rings. The highest BCUT2D eigenvalue weighted by Crippen LogP contribution is 2.32. The Morgan fingerprint density at radius 1 is 1.44 bits per heavy atom. The Morgan fingerprint density at radius 3 is 2.00 bits per heavy atom. The zero-order valence-corrected chi connectivity index (χ0v) is 8.31. The smallest absolute Gasteiger partial charge is 0.167 e. The molecular weight excluding hydrogens is 128 g/mol. The maximum atomic E-state index is 4.96. The highest BCUT2D eigenvalue weighted by Gasteiger charge is 2.22. The van der Waals surface area contributed by atoms with Gasteiger partial charge < -0.3 is 4.43 Å². The molecule has 55 valence electrons. The fraction of sp³-hybridized carbons (Fsp3) is 0.857. The number of hydrogen-bond acceptors (Lipinski definition) is 1. The van der Waals surface area contributed by atoms with Crippen LogP contribution in [0.3, 0.4) is 0 Å². The fourth-order valence-electron chi connectivity index (χ4n) is 0.430. The molecule has 9 heavy (non-hydrogen) atoms. The van der Waals surface area contributed by atoms with Gasteiger partial charge in [0, 0.05) is 0 Å². The van der Waals surface area contributed by atoms with Crippen LogP contribution in [0.1, 0.15) is 27.7 Å². The minimum Gasteiger partial charge on any atom is -0.421 e. The van der Waals surface area contributed by atoms with Crippen LogP contribution in [0.2, 0.25) is 5.04 Å². The van der Waals surface area contributed by atoms with Crippen molar-refractivity contribution in [3.05, 3.63) is 7.11 Å². The van der Waals surface area contributed by atoms with E-state index >= 15 is 0 Å². The van der Waals surface area contributed by atoms with Crippen LogP contribution in [-0.4, -0.2) is 9.76 Å². The van der Waals surface area contributed by atoms with E-state index in [0.717, 1.165) is 0 Å². The van der Waals surface area contributed by atoms with Crippen molar-refractivity contribution in [1.82, 2.24) is 0 Å². The van der Waals surface area contributed by atoms with Crippen LogP contribution in [-0.2, 0) is 4.43 Å². The van der Waals surface area contributed by atoms with Gasteiger partial charge in [-0.2, -0.15) is 0 Å². The second-order valence-electron chi connectivity index (χ2n) is 3.49. The normalized spacial score (nSPS) is 14.0. The van der Waals surface area contributed by atoms with Gasteiger partial charge in [0.05, 0.1) is 7.11 Å². The van der Waals surface area contributed by atoms with Gasteiger partial charge in [-0.05, 0) is 11.0 Å². The summed E-state index contributed by atoms with van der Waals surface area (Å²) in [7, 11) is 3.01. The molecular formula is C7H17OSi. The minimum absolute atomic E-state index is 0.405. The van der Waals surface area contributed by atoms with Crippen LogP contribution in [0, 0.1) is 13.0 Å². The largest absolute Gasteiger partial charge is 0.421 e. The molecule has 0 N–H and O–H groups in total. The second kappa shape index (κ2) is 3.37. The first kappa shape index (κ1) is 9.18. The molecule has 0 unspecified atom stereocenters. The van der Waals surface area contributed by atoms with Crippen LogP contribution >= 0.6 is 0 Å². The van der Waals surface area contributed by atoms with Gasteiger partial charge in [0.25, 0.3) is 0 Å². The average Bonchev–Trinajstić information content (AvgIpc) is 1.65. The van der Waals surface area contributed by atoms with Crippen LogP contribution in [0.5, 0.6) is 0 Å². The van der Waals surface area contributed by atoms with Gasteiger partial charge in [0.15, 0.2) is 9.76 Å². The van der Waals surface area contributed by atoms with Crippen molar-refractivity contribution in [2.24, 2.45) is 5.92 Å². The molecule has 1 nitrogen and oxygen atoms in total. The van der Waals surface area contributed by atoms with Crippen molar-refractivity contribution in [1.29, 1.82) is 0 Å². The molecule has 0 rings (SSSR count). The molecule has 0 saturated carbocycles. The summed E-state index contributed by atoms with van der Waals surface area (Å²) < 4.78 is 4.96. The Bertz CT molecular complexity index is 79.0. The van der Waals surface area contributed by atoms with E-state index in [1.807, 2.05) is 0 Å². The van der Waals surface area contributed by atoms with Crippen molar-refractivity contribution in [3.8, 4) is 0 Å². The molecule has 0 aromatic heterocycles. The van der Waals surface area contributed by atoms with E-state index in [2.05, 4.69) is 34.8 Å². The Morgan fingerprint density at radius 2 is 1.89 bits per heavy atom. The topological polar surface area (TPSA) is 9.23 Å². The van der Waals surface area contributed by atoms with E-state index in [4.69, 9.17) is 4.43 Å². The maximum Gasteiger partial charge on any atom is 0.167 e. The SMILES string of the molecule is [CH2]O[SiH2]C(C)(C)C(C)C. The molecule has 0 bridgehead atoms. The van der Waals surface area contributed by atoms with Crippen LogP contribution in [0.25, 0.3) is 0 Å². The summed E-state index contributed by atoms with van der Waals surface area (Å²) in [6, 6.07) is 0. The lowest BCUT2D eigenvalue weighted by Crippen LogP contribution is -2.20. The molecule has 0 spiro atoms. The quantitative estimate of drug-likeness (QED) is 0.550. The molecule has 0 aliphatic carbocycles. The standard InChI is InChI=1S/C7H17OSi/c1-6(2)7(3,4)9-8-5/h6H,5,9H2,1-4H3. The first-order valence-corrected chi connectivity index (χ1v) is 4.66. The van der Waals surface area contributed by atoms with Crippen LogP contribution in [0.4, 0.5) is 0 Å². The third kappa shape index (κ3) is 3.01. The predicted octanol–water partition coefficient (Wildman–Crippen LogP) is 1.73. The molecule has 1 radical (unpaired) electrons. The highest BCUT2D eigenvalue weighted by molar-refractivity contribution is 6.32. The third-order valence-corrected chi connectivity index (χ3v) is 3.80. The van der Waals surface area contributed by atoms with Crippen molar-refractivity contribution >= 4 is 9.76 Å². The van der Waals surface area contributed by atoms with E-state index in [1.54, 1.807) is 0 Å². The molecule has 0 aliphatic rings. The molecule has 0 aliphatic heterocycles. The summed E-state index contributed by atoms with van der Waals surface area (Å²) in [5.74, 6) is 0.714. The van der Waals surface area contributed by atoms with Crippen LogP contribution in [0.15, 0.2) is 0 Å². The predicted molar refractivity (Wildman–Crippen MR) is 43.9 cm³/mol. The Hall–Kier alpha value is 0.177. The lowest BCUT2D eigenvalue weighted by molar-refractivity contribution is 0.399. The molecule has 0 aromatic rings. The highest BCUT2D eigenvalue weighted by atomic mass is 28.2. The maximum absolute atomic E-state index is 4.96. The molecule has 0 aromatic carbocycles. The fourth-order valence-corrected chi connectivity index (χ4v) is 1.29. The van der Waals surface area contributed by atoms with E-state index in [0.29, 0.717) is 11.0 Å². The Labute approximate surface area is 60.7 Å². The molecule has 0 heterocycles.